The quantitative estimate of drug-likeness (QED) is 0.273. The van der Waals surface area contributed by atoms with Gasteiger partial charge in [0, 0.05) is 30.2 Å². The summed E-state index contributed by atoms with van der Waals surface area (Å²) in [5, 5.41) is 2.72. The van der Waals surface area contributed by atoms with Crippen molar-refractivity contribution in [1.82, 2.24) is 5.32 Å². The van der Waals surface area contributed by atoms with Gasteiger partial charge >= 0.3 is 57.4 Å². The minimum absolute atomic E-state index is 0. The molecule has 0 bridgehead atoms. The van der Waals surface area contributed by atoms with Crippen LogP contribution >= 0.6 is 0 Å². The number of nitrogens with one attached hydrogen (secondary N) is 1. The van der Waals surface area contributed by atoms with Crippen molar-refractivity contribution in [2.75, 3.05) is 12.3 Å². The van der Waals surface area contributed by atoms with Crippen LogP contribution in [0.1, 0.15) is 113 Å². The molecule has 0 heterocycles. The number of esters is 1. The van der Waals surface area contributed by atoms with Crippen LogP contribution in [0.15, 0.2) is 11.6 Å². The maximum atomic E-state index is 14.5. The van der Waals surface area contributed by atoms with Gasteiger partial charge in [-0.3, -0.25) is 14.4 Å². The van der Waals surface area contributed by atoms with E-state index in [4.69, 9.17) is 4.74 Å². The normalized spacial score (nSPS) is 44.4. The molecule has 5 rings (SSSR count). The number of ether oxygens (including phenoxy) is 1. The van der Waals surface area contributed by atoms with E-state index < -0.39 is 21.3 Å². The van der Waals surface area contributed by atoms with Gasteiger partial charge in [-0.05, 0) is 97.4 Å². The minimum Gasteiger partial charge on any atom is -0.748 e. The van der Waals surface area contributed by atoms with E-state index >= 15 is 0 Å². The Balaban J connectivity index is 0.00000442. The van der Waals surface area contributed by atoms with Gasteiger partial charge in [0.05, 0.1) is 15.9 Å². The van der Waals surface area contributed by atoms with E-state index in [1.54, 1.807) is 0 Å². The van der Waals surface area contributed by atoms with Crippen molar-refractivity contribution in [3.63, 3.8) is 0 Å². The number of carbonyl (C=O) groups excluding carboxylic acids is 3. The van der Waals surface area contributed by atoms with Crippen molar-refractivity contribution in [2.45, 2.75) is 119 Å². The number of amides is 1. The second-order valence-electron chi connectivity index (χ2n) is 16.7. The third-order valence-corrected chi connectivity index (χ3v) is 14.7. The molecule has 0 saturated heterocycles. The fourth-order valence-corrected chi connectivity index (χ4v) is 11.6. The molecule has 5 aliphatic rings. The van der Waals surface area contributed by atoms with Gasteiger partial charge in [0.15, 0.2) is 5.78 Å². The largest absolute Gasteiger partial charge is 1.00 e. The van der Waals surface area contributed by atoms with Crippen LogP contribution in [0.3, 0.4) is 0 Å². The first-order valence-electron chi connectivity index (χ1n) is 16.3. The van der Waals surface area contributed by atoms with Crippen LogP contribution in [-0.4, -0.2) is 49.0 Å². The summed E-state index contributed by atoms with van der Waals surface area (Å²) in [6, 6.07) is 0. The molecule has 242 valence electrons. The van der Waals surface area contributed by atoms with Gasteiger partial charge in [-0.2, -0.15) is 0 Å². The van der Waals surface area contributed by atoms with Crippen molar-refractivity contribution in [3.8, 4) is 0 Å². The summed E-state index contributed by atoms with van der Waals surface area (Å²) < 4.78 is 39.2. The van der Waals surface area contributed by atoms with E-state index in [1.165, 1.54) is 12.5 Å². The molecule has 0 aromatic rings. The van der Waals surface area contributed by atoms with Crippen molar-refractivity contribution >= 4 is 27.8 Å². The van der Waals surface area contributed by atoms with E-state index in [1.807, 2.05) is 13.0 Å². The number of ketones is 1. The van der Waals surface area contributed by atoms with Gasteiger partial charge in [-0.15, -0.1) is 0 Å². The van der Waals surface area contributed by atoms with Gasteiger partial charge in [-0.1, -0.05) is 54.0 Å². The fraction of sp³-hybridized carbons (Fsp3) is 0.853. The minimum atomic E-state index is -4.41. The van der Waals surface area contributed by atoms with Gasteiger partial charge in [0.2, 0.25) is 5.91 Å². The van der Waals surface area contributed by atoms with Crippen LogP contribution < -0.4 is 56.7 Å². The maximum Gasteiger partial charge on any atom is 1.00 e. The van der Waals surface area contributed by atoms with Crippen LogP contribution in [0.25, 0.3) is 0 Å². The summed E-state index contributed by atoms with van der Waals surface area (Å²) in [7, 11) is -4.41. The molecular weight excluding hydrogens is 606 g/mol. The standard InChI is InChI=1S/C34H53NO7S.K/c1-21(36)42-26-10-11-32(6)25(29(26,2)3)9-12-34(8)27(32)24(37)19-22-23-20-31(5,28(38)35-17-18-43(39,40)41)14-13-30(23,4)15-16-33(22,34)7;/h19,23,25-27H,9-18,20H2,1-8H3,(H,35,38)(H,39,40,41);/q;+1/p-1/t23-,25-,26-,27+,30+,31-,32-,33+,34+;/m0./s1. The smallest absolute Gasteiger partial charge is 0.748 e. The molecular formula is C34H52KNO7S. The van der Waals surface area contributed by atoms with Gasteiger partial charge in [0.1, 0.15) is 6.10 Å². The van der Waals surface area contributed by atoms with Gasteiger partial charge in [0.25, 0.3) is 0 Å². The van der Waals surface area contributed by atoms with Crippen LogP contribution in [0.5, 0.6) is 0 Å². The summed E-state index contributed by atoms with van der Waals surface area (Å²) in [6.07, 6.45) is 9.55. The number of fused-ring (bicyclic) bond motifs is 7. The van der Waals surface area contributed by atoms with E-state index in [0.717, 1.165) is 44.9 Å². The monoisotopic (exact) mass is 657 g/mol. The Bertz CT molecular complexity index is 1360. The van der Waals surface area contributed by atoms with Gasteiger partial charge < -0.3 is 14.6 Å². The number of hydrogen-bond acceptors (Lipinski definition) is 7. The molecule has 0 aromatic heterocycles. The molecule has 8 nitrogen and oxygen atoms in total. The third-order valence-electron chi connectivity index (χ3n) is 14.0. The maximum absolute atomic E-state index is 14.5. The second-order valence-corrected chi connectivity index (χ2v) is 18.3. The third kappa shape index (κ3) is 5.70. The zero-order valence-electron chi connectivity index (χ0n) is 28.4. The molecule has 1 amide bonds. The SMILES string of the molecule is CC(=O)O[C@H]1CC[C@]2(C)[C@H]3C(=O)C=C4[C@@H]5C[C@@](C)(C(=O)NCCS(=O)(=O)[O-])CC[C@]5(C)CC[C@@]4(C)[C@]3(C)CC[C@H]2C1(C)C.[K+]. The van der Waals surface area contributed by atoms with Crippen LogP contribution in [0.4, 0.5) is 0 Å². The first kappa shape index (κ1) is 36.7. The summed E-state index contributed by atoms with van der Waals surface area (Å²) in [5.41, 5.74) is -0.382. The topological polar surface area (TPSA) is 130 Å². The van der Waals surface area contributed by atoms with Crippen molar-refractivity contribution < 1.29 is 83.5 Å². The first-order chi connectivity index (χ1) is 19.6. The first-order valence-corrected chi connectivity index (χ1v) is 17.9. The predicted octanol–water partition coefficient (Wildman–Crippen LogP) is 2.56. The Morgan fingerprint density at radius 2 is 1.61 bits per heavy atom. The molecule has 0 aliphatic heterocycles. The number of carbonyl (C=O) groups is 3. The molecule has 4 saturated carbocycles. The molecule has 0 aromatic carbocycles. The van der Waals surface area contributed by atoms with Crippen molar-refractivity contribution in [2.24, 2.45) is 50.2 Å². The van der Waals surface area contributed by atoms with Crippen LogP contribution in [-0.2, 0) is 29.2 Å². The second kappa shape index (κ2) is 11.8. The molecule has 0 spiro atoms. The number of hydrogen-bond donors (Lipinski definition) is 1. The molecule has 4 fully saturated rings. The van der Waals surface area contributed by atoms with Crippen molar-refractivity contribution in [3.05, 3.63) is 11.6 Å². The summed E-state index contributed by atoms with van der Waals surface area (Å²) >= 11 is 0. The average Bonchev–Trinajstić information content (AvgIpc) is 2.87. The van der Waals surface area contributed by atoms with Gasteiger partial charge in [-0.25, -0.2) is 8.42 Å². The fourth-order valence-electron chi connectivity index (χ4n) is 11.3. The molecule has 0 radical (unpaired) electrons. The summed E-state index contributed by atoms with van der Waals surface area (Å²) in [5.74, 6) is -0.657. The summed E-state index contributed by atoms with van der Waals surface area (Å²) in [4.78, 5) is 39.9. The summed E-state index contributed by atoms with van der Waals surface area (Å²) in [6.45, 7) is 17.0. The van der Waals surface area contributed by atoms with Crippen LogP contribution in [0.2, 0.25) is 0 Å². The average molecular weight is 658 g/mol. The van der Waals surface area contributed by atoms with Crippen LogP contribution in [0, 0.1) is 50.2 Å². The Morgan fingerprint density at radius 3 is 2.23 bits per heavy atom. The van der Waals surface area contributed by atoms with E-state index in [9.17, 15) is 27.4 Å². The number of allylic oxidation sites excluding steroid dienone is 2. The Morgan fingerprint density at radius 1 is 0.977 bits per heavy atom. The van der Waals surface area contributed by atoms with E-state index in [2.05, 4.69) is 46.9 Å². The van der Waals surface area contributed by atoms with Crippen molar-refractivity contribution in [1.29, 1.82) is 0 Å². The molecule has 44 heavy (non-hydrogen) atoms. The molecule has 10 heteroatoms. The number of rotatable bonds is 5. The Labute approximate surface area is 307 Å². The van der Waals surface area contributed by atoms with E-state index in [0.29, 0.717) is 12.8 Å². The Kier molecular flexibility index (Phi) is 9.85. The molecule has 0 unspecified atom stereocenters. The molecule has 5 aliphatic carbocycles. The molecule has 9 atom stereocenters. The zero-order valence-corrected chi connectivity index (χ0v) is 32.4. The zero-order chi connectivity index (χ0) is 32.0. The van der Waals surface area contributed by atoms with E-state index in [-0.39, 0.29) is 127 Å². The Hall–Kier alpha value is -0.104. The molecule has 1 N–H and O–H groups in total. The predicted molar refractivity (Wildman–Crippen MR) is 163 cm³/mol.